The summed E-state index contributed by atoms with van der Waals surface area (Å²) in [6, 6.07) is 3.72. The lowest BCUT2D eigenvalue weighted by molar-refractivity contribution is -0.126. The van der Waals surface area contributed by atoms with Gasteiger partial charge in [-0.3, -0.25) is 14.5 Å². The summed E-state index contributed by atoms with van der Waals surface area (Å²) in [6.45, 7) is 7.66. The molecule has 208 valence electrons. The van der Waals surface area contributed by atoms with Crippen molar-refractivity contribution in [2.75, 3.05) is 26.2 Å². The Balaban J connectivity index is 1.41. The summed E-state index contributed by atoms with van der Waals surface area (Å²) in [4.78, 5) is 40.2. The summed E-state index contributed by atoms with van der Waals surface area (Å²) in [5.41, 5.74) is 2.48. The van der Waals surface area contributed by atoms with E-state index in [0.29, 0.717) is 23.7 Å². The number of carbonyl (C=O) groups is 2. The molecule has 39 heavy (non-hydrogen) atoms. The zero-order valence-corrected chi connectivity index (χ0v) is 22.8. The fraction of sp³-hybridized carbons (Fsp3) is 0.571. The van der Waals surface area contributed by atoms with Gasteiger partial charge in [0.15, 0.2) is 0 Å². The topological polar surface area (TPSA) is 130 Å². The number of nitrogens with one attached hydrogen (secondary N) is 2. The van der Waals surface area contributed by atoms with Crippen molar-refractivity contribution in [1.29, 1.82) is 0 Å². The Morgan fingerprint density at radius 2 is 1.92 bits per heavy atom. The predicted molar refractivity (Wildman–Crippen MR) is 146 cm³/mol. The minimum atomic E-state index is -0.402. The number of pyridine rings is 1. The fourth-order valence-electron chi connectivity index (χ4n) is 5.59. The largest absolute Gasteiger partial charge is 0.476 e. The Labute approximate surface area is 228 Å². The molecular weight excluding hydrogens is 496 g/mol. The molecule has 2 N–H and O–H groups in total. The molecule has 11 heteroatoms. The zero-order chi connectivity index (χ0) is 27.2. The smallest absolute Gasteiger partial charge is 0.281 e. The maximum Gasteiger partial charge on any atom is 0.281 e. The van der Waals surface area contributed by atoms with Crippen molar-refractivity contribution >= 4 is 22.8 Å². The standard InChI is InChI=1S/C28H38N8O3/c1-19(2)32-26(37)20-6-8-22(9-7-20)36-24-16-25(39-15-14-35-12-4-3-5-13-35)29-18-23(24)33-28(36)34-27(38)21-10-11-30-31-17-21/h10-11,16-20,22H,3-9,12-15H2,1-2H3,(H,32,37)(H,33,34,38)/t20-,22+. The van der Waals surface area contributed by atoms with Crippen LogP contribution in [0.5, 0.6) is 5.88 Å². The summed E-state index contributed by atoms with van der Waals surface area (Å²) >= 11 is 0. The number of fused-ring (bicyclic) bond motifs is 1. The molecule has 4 heterocycles. The third kappa shape index (κ3) is 6.70. The quantitative estimate of drug-likeness (QED) is 0.454. The van der Waals surface area contributed by atoms with Crippen molar-refractivity contribution in [3.63, 3.8) is 0 Å². The molecule has 3 aromatic heterocycles. The number of piperidine rings is 1. The summed E-state index contributed by atoms with van der Waals surface area (Å²) in [5, 5.41) is 10.6. The van der Waals surface area contributed by atoms with Crippen LogP contribution in [-0.2, 0) is 4.79 Å². The highest BCUT2D eigenvalue weighted by atomic mass is 16.5. The van der Waals surface area contributed by atoms with Gasteiger partial charge in [0.25, 0.3) is 5.91 Å². The minimum Gasteiger partial charge on any atom is -0.476 e. The van der Waals surface area contributed by atoms with Gasteiger partial charge in [0, 0.05) is 30.6 Å². The lowest BCUT2D eigenvalue weighted by atomic mass is 9.85. The molecule has 1 aliphatic heterocycles. The van der Waals surface area contributed by atoms with Crippen molar-refractivity contribution in [2.24, 2.45) is 10.9 Å². The number of amides is 2. The number of H-pyrrole nitrogens is 1. The monoisotopic (exact) mass is 534 g/mol. The number of aromatic amines is 1. The number of aromatic nitrogens is 5. The first-order chi connectivity index (χ1) is 19.0. The van der Waals surface area contributed by atoms with Crippen molar-refractivity contribution in [2.45, 2.75) is 70.9 Å². The SMILES string of the molecule is CC(C)NC(=O)[C@H]1CC[C@@H](n2/c(=N/C(=O)c3ccnnc3)[nH]c3cnc(OCCN4CCCCC4)cc32)CC1. The average molecular weight is 535 g/mol. The van der Waals surface area contributed by atoms with E-state index in [4.69, 9.17) is 4.74 Å². The molecular formula is C28H38N8O3. The van der Waals surface area contributed by atoms with E-state index in [1.807, 2.05) is 19.9 Å². The van der Waals surface area contributed by atoms with Crippen LogP contribution in [0.4, 0.5) is 0 Å². The normalized spacial score (nSPS) is 20.8. The van der Waals surface area contributed by atoms with E-state index < -0.39 is 5.91 Å². The molecule has 0 atom stereocenters. The molecule has 2 fully saturated rings. The van der Waals surface area contributed by atoms with Gasteiger partial charge in [-0.2, -0.15) is 15.2 Å². The summed E-state index contributed by atoms with van der Waals surface area (Å²) in [5.74, 6) is 0.260. The van der Waals surface area contributed by atoms with Crippen LogP contribution in [0, 0.1) is 5.92 Å². The second kappa shape index (κ2) is 12.5. The number of ether oxygens (including phenoxy) is 1. The number of imidazole rings is 1. The molecule has 0 spiro atoms. The number of nitrogens with zero attached hydrogens (tertiary/aromatic N) is 6. The Morgan fingerprint density at radius 1 is 1.13 bits per heavy atom. The molecule has 0 radical (unpaired) electrons. The number of rotatable bonds is 8. The van der Waals surface area contributed by atoms with E-state index in [1.54, 1.807) is 12.3 Å². The van der Waals surface area contributed by atoms with Gasteiger partial charge in [0.2, 0.25) is 17.4 Å². The third-order valence-corrected chi connectivity index (χ3v) is 7.60. The molecule has 1 saturated carbocycles. The van der Waals surface area contributed by atoms with Crippen molar-refractivity contribution in [3.05, 3.63) is 41.9 Å². The second-order valence-electron chi connectivity index (χ2n) is 10.8. The zero-order valence-electron chi connectivity index (χ0n) is 22.8. The van der Waals surface area contributed by atoms with Gasteiger partial charge in [0.05, 0.1) is 35.2 Å². The molecule has 2 amide bonds. The maximum atomic E-state index is 13.0. The molecule has 5 rings (SSSR count). The van der Waals surface area contributed by atoms with Crippen LogP contribution in [0.25, 0.3) is 11.0 Å². The minimum absolute atomic E-state index is 0.00489. The van der Waals surface area contributed by atoms with Crippen molar-refractivity contribution in [1.82, 2.24) is 34.9 Å². The Kier molecular flexibility index (Phi) is 8.65. The number of hydrogen-bond donors (Lipinski definition) is 2. The number of carbonyl (C=O) groups excluding carboxylic acids is 2. The van der Waals surface area contributed by atoms with E-state index in [2.05, 4.69) is 39.9 Å². The van der Waals surface area contributed by atoms with E-state index in [1.165, 1.54) is 31.7 Å². The first-order valence-electron chi connectivity index (χ1n) is 14.1. The Bertz CT molecular complexity index is 1340. The van der Waals surface area contributed by atoms with E-state index >= 15 is 0 Å². The summed E-state index contributed by atoms with van der Waals surface area (Å²) in [6.07, 6.45) is 11.6. The van der Waals surface area contributed by atoms with Crippen LogP contribution in [0.3, 0.4) is 0 Å². The highest BCUT2D eigenvalue weighted by Crippen LogP contribution is 2.33. The molecule has 0 bridgehead atoms. The molecule has 2 aliphatic rings. The molecule has 3 aromatic rings. The van der Waals surface area contributed by atoms with Crippen LogP contribution in [0.2, 0.25) is 0 Å². The van der Waals surface area contributed by atoms with E-state index in [9.17, 15) is 9.59 Å². The third-order valence-electron chi connectivity index (χ3n) is 7.60. The summed E-state index contributed by atoms with van der Waals surface area (Å²) in [7, 11) is 0. The van der Waals surface area contributed by atoms with Gasteiger partial charge in [-0.1, -0.05) is 6.42 Å². The van der Waals surface area contributed by atoms with Crippen molar-refractivity contribution < 1.29 is 14.3 Å². The van der Waals surface area contributed by atoms with Crippen molar-refractivity contribution in [3.8, 4) is 5.88 Å². The van der Waals surface area contributed by atoms with Crippen LogP contribution >= 0.6 is 0 Å². The van der Waals surface area contributed by atoms with Gasteiger partial charge in [0.1, 0.15) is 6.61 Å². The average Bonchev–Trinajstić information content (AvgIpc) is 3.30. The highest BCUT2D eigenvalue weighted by Gasteiger charge is 2.29. The molecule has 1 saturated heterocycles. The second-order valence-corrected chi connectivity index (χ2v) is 10.8. The molecule has 11 nitrogen and oxygen atoms in total. The van der Waals surface area contributed by atoms with Gasteiger partial charge in [-0.15, -0.1) is 0 Å². The predicted octanol–water partition coefficient (Wildman–Crippen LogP) is 3.02. The summed E-state index contributed by atoms with van der Waals surface area (Å²) < 4.78 is 8.14. The first-order valence-corrected chi connectivity index (χ1v) is 14.1. The maximum absolute atomic E-state index is 13.0. The first kappa shape index (κ1) is 27.0. The Morgan fingerprint density at radius 3 is 2.64 bits per heavy atom. The van der Waals surface area contributed by atoms with Gasteiger partial charge in [-0.05, 0) is 71.5 Å². The lowest BCUT2D eigenvalue weighted by Gasteiger charge is -2.29. The fourth-order valence-corrected chi connectivity index (χ4v) is 5.59. The highest BCUT2D eigenvalue weighted by molar-refractivity contribution is 5.94. The van der Waals surface area contributed by atoms with E-state index in [0.717, 1.165) is 56.4 Å². The molecule has 1 aliphatic carbocycles. The van der Waals surface area contributed by atoms with Crippen LogP contribution < -0.4 is 15.7 Å². The molecule has 0 unspecified atom stereocenters. The van der Waals surface area contributed by atoms with E-state index in [-0.39, 0.29) is 23.9 Å². The lowest BCUT2D eigenvalue weighted by Crippen LogP contribution is -2.38. The van der Waals surface area contributed by atoms with Crippen LogP contribution in [0.1, 0.15) is 75.2 Å². The molecule has 0 aromatic carbocycles. The Hall–Kier alpha value is -3.60. The van der Waals surface area contributed by atoms with Gasteiger partial charge in [-0.25, -0.2) is 4.98 Å². The number of hydrogen-bond acceptors (Lipinski definition) is 7. The van der Waals surface area contributed by atoms with Crippen LogP contribution in [-0.4, -0.2) is 73.7 Å². The number of likely N-dealkylation sites (tertiary alicyclic amines) is 1. The van der Waals surface area contributed by atoms with Gasteiger partial charge < -0.3 is 19.6 Å². The van der Waals surface area contributed by atoms with Crippen LogP contribution in [0.15, 0.2) is 35.7 Å². The van der Waals surface area contributed by atoms with Gasteiger partial charge >= 0.3 is 0 Å².